The lowest BCUT2D eigenvalue weighted by Gasteiger charge is -1.98. The van der Waals surface area contributed by atoms with Gasteiger partial charge in [0.25, 0.3) is 0 Å². The van der Waals surface area contributed by atoms with Crippen molar-refractivity contribution in [3.05, 3.63) is 0 Å². The van der Waals surface area contributed by atoms with Crippen molar-refractivity contribution in [3.8, 4) is 0 Å². The minimum atomic E-state index is -4.67. The van der Waals surface area contributed by atoms with E-state index in [-0.39, 0.29) is 0 Å². The van der Waals surface area contributed by atoms with Crippen LogP contribution in [0.4, 0.5) is 13.2 Å². The van der Waals surface area contributed by atoms with E-state index in [1.165, 1.54) is 0 Å². The van der Waals surface area contributed by atoms with Gasteiger partial charge in [-0.1, -0.05) is 0 Å². The van der Waals surface area contributed by atoms with Crippen LogP contribution in [0.25, 0.3) is 0 Å². The second-order valence-corrected chi connectivity index (χ2v) is 1.15. The molecule has 0 unspecified atom stereocenters. The van der Waals surface area contributed by atoms with E-state index in [2.05, 4.69) is 10.2 Å². The molecule has 0 aliphatic heterocycles. The Balaban J connectivity index is 4.06. The number of halogens is 3. The first-order valence-electron chi connectivity index (χ1n) is 1.94. The van der Waals surface area contributed by atoms with E-state index >= 15 is 0 Å². The number of nitrogens with zero attached hydrogens (tertiary/aromatic N) is 2. The maximum Gasteiger partial charge on any atom is 0.452 e. The Hall–Kier alpha value is -0.940. The zero-order chi connectivity index (χ0) is 7.49. The molecule has 0 aromatic heterocycles. The molecule has 0 aromatic carbocycles. The molecule has 0 radical (unpaired) electrons. The maximum atomic E-state index is 11.3. The van der Waals surface area contributed by atoms with Crippen molar-refractivity contribution < 1.29 is 13.2 Å². The van der Waals surface area contributed by atoms with E-state index in [1.54, 1.807) is 0 Å². The molecule has 0 aliphatic carbocycles. The summed E-state index contributed by atoms with van der Waals surface area (Å²) in [6.07, 6.45) is -4.67. The van der Waals surface area contributed by atoms with Crippen LogP contribution in [0.15, 0.2) is 10.2 Å². The van der Waals surface area contributed by atoms with Gasteiger partial charge >= 0.3 is 6.18 Å². The first kappa shape index (κ1) is 8.06. The number of azo groups is 1. The Kier molecular flexibility index (Phi) is 2.29. The predicted octanol–water partition coefficient (Wildman–Crippen LogP) is 1.61. The minimum absolute atomic E-state index is 1.07. The van der Waals surface area contributed by atoms with Crippen LogP contribution in [0.5, 0.6) is 0 Å². The van der Waals surface area contributed by atoms with Crippen LogP contribution in [-0.4, -0.2) is 19.1 Å². The van der Waals surface area contributed by atoms with E-state index < -0.39 is 12.0 Å². The van der Waals surface area contributed by atoms with Crippen molar-refractivity contribution in [2.24, 2.45) is 10.2 Å². The average molecular weight is 139 g/mol. The number of alkyl halides is 3. The van der Waals surface area contributed by atoms with Gasteiger partial charge in [0.1, 0.15) is 0 Å². The first-order chi connectivity index (χ1) is 3.98. The Bertz CT molecular complexity index is 136. The molecule has 6 heteroatoms. The highest BCUT2D eigenvalue weighted by atomic mass is 19.4. The average Bonchev–Trinajstić information content (AvgIpc) is 1.64. The van der Waals surface area contributed by atoms with Gasteiger partial charge < -0.3 is 0 Å². The molecule has 0 aliphatic rings. The summed E-state index contributed by atoms with van der Waals surface area (Å²) in [5.41, 5.74) is 0. The molecule has 3 nitrogen and oxygen atoms in total. The van der Waals surface area contributed by atoms with Crippen LogP contribution in [0.1, 0.15) is 0 Å². The van der Waals surface area contributed by atoms with Crippen molar-refractivity contribution in [2.45, 2.75) is 6.18 Å². The lowest BCUT2D eigenvalue weighted by Crippen LogP contribution is -2.18. The zero-order valence-electron chi connectivity index (χ0n) is 4.53. The predicted molar refractivity (Wildman–Crippen MR) is 24.6 cm³/mol. The van der Waals surface area contributed by atoms with Crippen LogP contribution in [0.2, 0.25) is 0 Å². The van der Waals surface area contributed by atoms with Crippen molar-refractivity contribution in [3.63, 3.8) is 0 Å². The summed E-state index contributed by atoms with van der Waals surface area (Å²) in [6, 6.07) is 0. The van der Waals surface area contributed by atoms with Gasteiger partial charge in [-0.05, 0) is 0 Å². The summed E-state index contributed by atoms with van der Waals surface area (Å²) in [6.45, 7) is 0. The van der Waals surface area contributed by atoms with Gasteiger partial charge in [-0.2, -0.15) is 18.3 Å². The van der Waals surface area contributed by atoms with Crippen molar-refractivity contribution >= 4 is 5.84 Å². The van der Waals surface area contributed by atoms with E-state index in [0.717, 1.165) is 7.05 Å². The third-order valence-electron chi connectivity index (χ3n) is 0.469. The van der Waals surface area contributed by atoms with E-state index in [9.17, 15) is 13.2 Å². The van der Waals surface area contributed by atoms with Crippen LogP contribution in [-0.2, 0) is 0 Å². The Morgan fingerprint density at radius 3 is 2.00 bits per heavy atom. The molecule has 52 valence electrons. The molecular weight excluding hydrogens is 135 g/mol. The summed E-state index contributed by atoms with van der Waals surface area (Å²) in [5, 5.41) is 11.4. The molecule has 0 spiro atoms. The Labute approximate surface area is 49.1 Å². The van der Waals surface area contributed by atoms with Gasteiger partial charge in [0.2, 0.25) is 5.84 Å². The van der Waals surface area contributed by atoms with Gasteiger partial charge in [0.15, 0.2) is 0 Å². The van der Waals surface area contributed by atoms with Gasteiger partial charge in [-0.15, -0.1) is 5.11 Å². The number of hydrogen-bond donors (Lipinski definition) is 1. The highest BCUT2D eigenvalue weighted by Gasteiger charge is 2.34. The molecule has 0 heterocycles. The highest BCUT2D eigenvalue weighted by Crippen LogP contribution is 2.16. The summed E-state index contributed by atoms with van der Waals surface area (Å²) in [5.74, 6) is -1.68. The molecule has 1 N–H and O–H groups in total. The molecular formula is C3H4F3N3. The normalized spacial score (nSPS) is 12.4. The van der Waals surface area contributed by atoms with E-state index in [0.29, 0.717) is 0 Å². The number of nitrogens with one attached hydrogen (secondary N) is 1. The van der Waals surface area contributed by atoms with Crippen LogP contribution >= 0.6 is 0 Å². The lowest BCUT2D eigenvalue weighted by molar-refractivity contribution is -0.0607. The standard InChI is InChI=1S/C3H4F3N3/c1-8-9-2(7)3(4,5)6/h7H,1H3/b7-2?,9-8-. The Morgan fingerprint density at radius 1 is 1.44 bits per heavy atom. The quantitative estimate of drug-likeness (QED) is 0.301. The van der Waals surface area contributed by atoms with Crippen LogP contribution in [0, 0.1) is 5.41 Å². The third kappa shape index (κ3) is 2.78. The molecule has 0 atom stereocenters. The summed E-state index contributed by atoms with van der Waals surface area (Å²) >= 11 is 0. The fourth-order valence-electron chi connectivity index (χ4n) is 0.157. The molecule has 9 heavy (non-hydrogen) atoms. The second-order valence-electron chi connectivity index (χ2n) is 1.15. The number of hydrogen-bond acceptors (Lipinski definition) is 2. The summed E-state index contributed by atoms with van der Waals surface area (Å²) < 4.78 is 33.8. The SMILES string of the molecule is C/N=N\C(=N)C(F)(F)F. The zero-order valence-corrected chi connectivity index (χ0v) is 4.53. The van der Waals surface area contributed by atoms with Crippen molar-refractivity contribution in [2.75, 3.05) is 7.05 Å². The highest BCUT2D eigenvalue weighted by molar-refractivity contribution is 5.84. The lowest BCUT2D eigenvalue weighted by atomic mass is 10.6. The topological polar surface area (TPSA) is 48.6 Å². The largest absolute Gasteiger partial charge is 0.452 e. The molecule has 0 bridgehead atoms. The Morgan fingerprint density at radius 2 is 1.89 bits per heavy atom. The fourth-order valence-corrected chi connectivity index (χ4v) is 0.157. The summed E-state index contributed by atoms with van der Waals surface area (Å²) in [4.78, 5) is 0. The minimum Gasteiger partial charge on any atom is -0.277 e. The first-order valence-corrected chi connectivity index (χ1v) is 1.94. The van der Waals surface area contributed by atoms with Crippen LogP contribution < -0.4 is 0 Å². The van der Waals surface area contributed by atoms with Gasteiger partial charge in [-0.25, -0.2) is 0 Å². The molecule has 0 fully saturated rings. The van der Waals surface area contributed by atoms with Crippen LogP contribution in [0.3, 0.4) is 0 Å². The third-order valence-corrected chi connectivity index (χ3v) is 0.469. The van der Waals surface area contributed by atoms with E-state index in [4.69, 9.17) is 5.41 Å². The summed E-state index contributed by atoms with van der Waals surface area (Å²) in [7, 11) is 1.07. The molecule has 0 aromatic rings. The second kappa shape index (κ2) is 2.56. The molecule has 0 rings (SSSR count). The van der Waals surface area contributed by atoms with Crippen molar-refractivity contribution in [1.82, 2.24) is 0 Å². The van der Waals surface area contributed by atoms with E-state index in [1.807, 2.05) is 0 Å². The smallest absolute Gasteiger partial charge is 0.277 e. The number of rotatable bonds is 0. The fraction of sp³-hybridized carbons (Fsp3) is 0.667. The molecule has 0 saturated carbocycles. The monoisotopic (exact) mass is 139 g/mol. The molecule has 0 saturated heterocycles. The number of amidine groups is 1. The molecule has 0 amide bonds. The van der Waals surface area contributed by atoms with Gasteiger partial charge in [0, 0.05) is 7.05 Å². The van der Waals surface area contributed by atoms with Crippen molar-refractivity contribution in [1.29, 1.82) is 5.41 Å². The van der Waals surface area contributed by atoms with Gasteiger partial charge in [0.05, 0.1) is 0 Å². The maximum absolute atomic E-state index is 11.3. The van der Waals surface area contributed by atoms with Gasteiger partial charge in [-0.3, -0.25) is 5.41 Å².